The third-order valence-electron chi connectivity index (χ3n) is 2.89. The van der Waals surface area contributed by atoms with Crippen molar-refractivity contribution in [3.8, 4) is 0 Å². The van der Waals surface area contributed by atoms with Gasteiger partial charge in [0.15, 0.2) is 0 Å². The van der Waals surface area contributed by atoms with Crippen molar-refractivity contribution < 1.29 is 4.92 Å². The smallest absolute Gasteiger partial charge is 0.315 e. The van der Waals surface area contributed by atoms with Gasteiger partial charge in [-0.05, 0) is 24.3 Å². The lowest BCUT2D eigenvalue weighted by Gasteiger charge is -2.10. The first-order chi connectivity index (χ1) is 10.1. The fraction of sp³-hybridized carbons (Fsp3) is 0. The molecule has 0 fully saturated rings. The number of para-hydroxylation sites is 1. The van der Waals surface area contributed by atoms with E-state index in [0.29, 0.717) is 21.7 Å². The van der Waals surface area contributed by atoms with E-state index in [4.69, 9.17) is 17.3 Å². The quantitative estimate of drug-likeness (QED) is 0.434. The topological polar surface area (TPSA) is 107 Å². The van der Waals surface area contributed by atoms with E-state index < -0.39 is 4.92 Å². The number of aromatic nitrogens is 2. The first-order valence-electron chi connectivity index (χ1n) is 5.78. The number of nitrogens with two attached hydrogens (primary N) is 1. The Kier molecular flexibility index (Phi) is 3.32. The molecule has 3 rings (SSSR count). The standard InChI is InChI=1S/C12H8ClN5O2S/c13-6-4-5-8-11(17-21-16-8)10(6)15-9-3-1-2-7(14)12(9)18(19)20/h1-5,15H,14H2. The summed E-state index contributed by atoms with van der Waals surface area (Å²) < 4.78 is 8.27. The van der Waals surface area contributed by atoms with E-state index in [0.717, 1.165) is 11.7 Å². The maximum Gasteiger partial charge on any atom is 0.315 e. The summed E-state index contributed by atoms with van der Waals surface area (Å²) in [5.74, 6) is 0. The Labute approximate surface area is 127 Å². The summed E-state index contributed by atoms with van der Waals surface area (Å²) in [5, 5.41) is 14.5. The van der Waals surface area contributed by atoms with Gasteiger partial charge in [-0.1, -0.05) is 17.7 Å². The Morgan fingerprint density at radius 3 is 2.86 bits per heavy atom. The number of anilines is 3. The summed E-state index contributed by atoms with van der Waals surface area (Å²) in [6.07, 6.45) is 0. The highest BCUT2D eigenvalue weighted by Crippen LogP contribution is 2.37. The van der Waals surface area contributed by atoms with Crippen molar-refractivity contribution >= 4 is 57.1 Å². The minimum Gasteiger partial charge on any atom is -0.393 e. The van der Waals surface area contributed by atoms with E-state index in [1.54, 1.807) is 24.3 Å². The number of nitrogens with one attached hydrogen (secondary N) is 1. The molecule has 0 atom stereocenters. The van der Waals surface area contributed by atoms with Crippen LogP contribution in [0, 0.1) is 10.1 Å². The second kappa shape index (κ2) is 5.15. The molecule has 0 bridgehead atoms. The first-order valence-corrected chi connectivity index (χ1v) is 6.89. The Morgan fingerprint density at radius 2 is 2.10 bits per heavy atom. The van der Waals surface area contributed by atoms with E-state index in [1.165, 1.54) is 6.07 Å². The number of hydrogen-bond donors (Lipinski definition) is 2. The molecule has 0 aliphatic rings. The van der Waals surface area contributed by atoms with Crippen molar-refractivity contribution in [2.24, 2.45) is 0 Å². The molecule has 0 radical (unpaired) electrons. The molecule has 21 heavy (non-hydrogen) atoms. The number of nitrogens with zero attached hydrogens (tertiary/aromatic N) is 3. The van der Waals surface area contributed by atoms with Crippen LogP contribution in [0.5, 0.6) is 0 Å². The van der Waals surface area contributed by atoms with Crippen LogP contribution in [-0.2, 0) is 0 Å². The monoisotopic (exact) mass is 321 g/mol. The lowest BCUT2D eigenvalue weighted by molar-refractivity contribution is -0.383. The Hall–Kier alpha value is -2.45. The second-order valence-corrected chi connectivity index (χ2v) is 5.12. The van der Waals surface area contributed by atoms with Crippen LogP contribution in [0.15, 0.2) is 30.3 Å². The molecule has 2 aromatic carbocycles. The average molecular weight is 322 g/mol. The van der Waals surface area contributed by atoms with Gasteiger partial charge in [0.2, 0.25) is 0 Å². The highest BCUT2D eigenvalue weighted by atomic mass is 35.5. The average Bonchev–Trinajstić information content (AvgIpc) is 2.90. The largest absolute Gasteiger partial charge is 0.393 e. The fourth-order valence-corrected chi connectivity index (χ4v) is 2.69. The summed E-state index contributed by atoms with van der Waals surface area (Å²) in [6, 6.07) is 8.04. The van der Waals surface area contributed by atoms with E-state index in [-0.39, 0.29) is 17.1 Å². The molecule has 3 N–H and O–H groups in total. The number of halogens is 1. The number of benzene rings is 2. The van der Waals surface area contributed by atoms with Crippen LogP contribution < -0.4 is 11.1 Å². The van der Waals surface area contributed by atoms with Crippen molar-refractivity contribution in [1.82, 2.24) is 8.75 Å². The number of rotatable bonds is 3. The van der Waals surface area contributed by atoms with Gasteiger partial charge in [0.05, 0.1) is 27.4 Å². The van der Waals surface area contributed by atoms with E-state index in [2.05, 4.69) is 14.1 Å². The van der Waals surface area contributed by atoms with Crippen molar-refractivity contribution in [2.45, 2.75) is 0 Å². The van der Waals surface area contributed by atoms with Crippen molar-refractivity contribution in [2.75, 3.05) is 11.1 Å². The fourth-order valence-electron chi connectivity index (χ4n) is 1.95. The molecular weight excluding hydrogens is 314 g/mol. The molecule has 0 amide bonds. The number of fused-ring (bicyclic) bond motifs is 1. The molecule has 0 aliphatic carbocycles. The first kappa shape index (κ1) is 13.5. The second-order valence-electron chi connectivity index (χ2n) is 4.18. The number of nitrogen functional groups attached to an aromatic ring is 1. The molecule has 0 saturated heterocycles. The Bertz CT molecular complexity index is 851. The summed E-state index contributed by atoms with van der Waals surface area (Å²) >= 11 is 7.20. The molecule has 0 unspecified atom stereocenters. The number of nitro groups is 1. The van der Waals surface area contributed by atoms with Crippen LogP contribution in [0.25, 0.3) is 11.0 Å². The maximum atomic E-state index is 11.2. The van der Waals surface area contributed by atoms with Crippen molar-refractivity contribution in [3.63, 3.8) is 0 Å². The van der Waals surface area contributed by atoms with Gasteiger partial charge < -0.3 is 11.1 Å². The number of hydrogen-bond acceptors (Lipinski definition) is 7. The van der Waals surface area contributed by atoms with Gasteiger partial charge in [0.25, 0.3) is 0 Å². The molecule has 1 heterocycles. The zero-order valence-corrected chi connectivity index (χ0v) is 12.0. The third kappa shape index (κ3) is 2.34. The van der Waals surface area contributed by atoms with Gasteiger partial charge in [0.1, 0.15) is 22.4 Å². The summed E-state index contributed by atoms with van der Waals surface area (Å²) in [4.78, 5) is 10.6. The minimum atomic E-state index is -0.537. The lowest BCUT2D eigenvalue weighted by Crippen LogP contribution is -2.01. The van der Waals surface area contributed by atoms with Gasteiger partial charge in [-0.25, -0.2) is 0 Å². The molecule has 0 saturated carbocycles. The molecule has 0 spiro atoms. The van der Waals surface area contributed by atoms with Crippen LogP contribution in [0.2, 0.25) is 5.02 Å². The van der Waals surface area contributed by atoms with Gasteiger partial charge in [-0.3, -0.25) is 10.1 Å². The minimum absolute atomic E-state index is 0.0738. The molecular formula is C12H8ClN5O2S. The molecule has 7 nitrogen and oxygen atoms in total. The highest BCUT2D eigenvalue weighted by molar-refractivity contribution is 7.00. The summed E-state index contributed by atoms with van der Waals surface area (Å²) in [6.45, 7) is 0. The zero-order valence-electron chi connectivity index (χ0n) is 10.4. The Morgan fingerprint density at radius 1 is 1.29 bits per heavy atom. The van der Waals surface area contributed by atoms with Crippen LogP contribution >= 0.6 is 23.3 Å². The highest BCUT2D eigenvalue weighted by Gasteiger charge is 2.20. The molecule has 106 valence electrons. The summed E-state index contributed by atoms with van der Waals surface area (Å²) in [5.41, 5.74) is 7.49. The van der Waals surface area contributed by atoms with E-state index in [9.17, 15) is 10.1 Å². The molecule has 1 aromatic heterocycles. The molecule has 0 aliphatic heterocycles. The normalized spacial score (nSPS) is 10.7. The predicted octanol–water partition coefficient (Wildman–Crippen LogP) is 3.58. The zero-order chi connectivity index (χ0) is 15.0. The maximum absolute atomic E-state index is 11.2. The third-order valence-corrected chi connectivity index (χ3v) is 3.74. The van der Waals surface area contributed by atoms with Crippen LogP contribution in [0.1, 0.15) is 0 Å². The van der Waals surface area contributed by atoms with Gasteiger partial charge in [-0.15, -0.1) is 0 Å². The van der Waals surface area contributed by atoms with Crippen LogP contribution in [-0.4, -0.2) is 13.7 Å². The van der Waals surface area contributed by atoms with Crippen LogP contribution in [0.3, 0.4) is 0 Å². The van der Waals surface area contributed by atoms with Gasteiger partial charge >= 0.3 is 5.69 Å². The van der Waals surface area contributed by atoms with Crippen molar-refractivity contribution in [1.29, 1.82) is 0 Å². The van der Waals surface area contributed by atoms with Crippen molar-refractivity contribution in [3.05, 3.63) is 45.5 Å². The SMILES string of the molecule is Nc1cccc(Nc2c(Cl)ccc3nsnc23)c1[N+](=O)[O-]. The number of nitro benzene ring substituents is 1. The Balaban J connectivity index is 2.15. The van der Waals surface area contributed by atoms with E-state index >= 15 is 0 Å². The molecule has 9 heteroatoms. The van der Waals surface area contributed by atoms with E-state index in [1.807, 2.05) is 0 Å². The lowest BCUT2D eigenvalue weighted by atomic mass is 10.2. The predicted molar refractivity (Wildman–Crippen MR) is 83.2 cm³/mol. The van der Waals surface area contributed by atoms with Gasteiger partial charge in [-0.2, -0.15) is 8.75 Å². The molecule has 3 aromatic rings. The summed E-state index contributed by atoms with van der Waals surface area (Å²) in [7, 11) is 0. The van der Waals surface area contributed by atoms with Crippen LogP contribution in [0.4, 0.5) is 22.7 Å². The van der Waals surface area contributed by atoms with Gasteiger partial charge in [0, 0.05) is 0 Å².